The highest BCUT2D eigenvalue weighted by Gasteiger charge is 2.47. The van der Waals surface area contributed by atoms with Crippen molar-refractivity contribution in [2.24, 2.45) is 0 Å². The van der Waals surface area contributed by atoms with Gasteiger partial charge in [-0.25, -0.2) is 15.0 Å². The van der Waals surface area contributed by atoms with Crippen molar-refractivity contribution in [1.29, 1.82) is 0 Å². The lowest BCUT2D eigenvalue weighted by atomic mass is 9.82. The minimum Gasteiger partial charge on any atom is -0.387 e. The Bertz CT molecular complexity index is 869. The van der Waals surface area contributed by atoms with Crippen LogP contribution in [0.5, 0.6) is 0 Å². The van der Waals surface area contributed by atoms with E-state index in [1.165, 1.54) is 12.7 Å². The second-order valence-electron chi connectivity index (χ2n) is 9.20. The molecule has 0 radical (unpaired) electrons. The second-order valence-corrected chi connectivity index (χ2v) is 9.20. The Morgan fingerprint density at radius 1 is 1.14 bits per heavy atom. The first-order valence-electron chi connectivity index (χ1n) is 10.00. The Hall–Kier alpha value is -1.85. The van der Waals surface area contributed by atoms with Crippen molar-refractivity contribution in [1.82, 2.24) is 24.6 Å². The van der Waals surface area contributed by atoms with E-state index in [-0.39, 0.29) is 23.5 Å². The molecular formula is C19H30N6O4. The molecule has 4 atom stereocenters. The van der Waals surface area contributed by atoms with Crippen molar-refractivity contribution in [2.45, 2.75) is 82.6 Å². The third-order valence-corrected chi connectivity index (χ3v) is 6.04. The molecule has 2 aliphatic rings. The highest BCUT2D eigenvalue weighted by atomic mass is 16.7. The van der Waals surface area contributed by atoms with E-state index in [2.05, 4.69) is 42.6 Å². The lowest BCUT2D eigenvalue weighted by molar-refractivity contribution is -0.293. The number of hydrogen-bond donors (Lipinski definition) is 3. The van der Waals surface area contributed by atoms with Crippen LogP contribution in [0.3, 0.4) is 0 Å². The third kappa shape index (κ3) is 3.49. The summed E-state index contributed by atoms with van der Waals surface area (Å²) in [6, 6.07) is 0. The molecule has 4 rings (SSSR count). The molecule has 0 saturated carbocycles. The largest absolute Gasteiger partial charge is 0.387 e. The number of piperidine rings is 1. The van der Waals surface area contributed by atoms with Crippen molar-refractivity contribution in [2.75, 3.05) is 12.3 Å². The molecule has 10 nitrogen and oxygen atoms in total. The molecule has 0 aliphatic carbocycles. The maximum absolute atomic E-state index is 10.6. The monoisotopic (exact) mass is 406 g/mol. The van der Waals surface area contributed by atoms with Gasteiger partial charge in [0.15, 0.2) is 17.7 Å². The van der Waals surface area contributed by atoms with Gasteiger partial charge in [0.2, 0.25) is 0 Å². The third-order valence-electron chi connectivity index (χ3n) is 6.04. The molecule has 0 amide bonds. The van der Waals surface area contributed by atoms with E-state index in [9.17, 15) is 10.2 Å². The molecule has 2 aromatic heterocycles. The fraction of sp³-hybridized carbons (Fsp3) is 0.737. The fourth-order valence-electron chi connectivity index (χ4n) is 4.63. The molecule has 0 bridgehead atoms. The van der Waals surface area contributed by atoms with E-state index < -0.39 is 24.5 Å². The number of fused-ring (bicyclic) bond motifs is 1. The van der Waals surface area contributed by atoms with E-state index in [0.717, 1.165) is 19.3 Å². The average Bonchev–Trinajstić information content (AvgIpc) is 3.17. The number of aromatic nitrogens is 4. The molecule has 4 N–H and O–H groups in total. The molecule has 160 valence electrons. The first kappa shape index (κ1) is 20.4. The van der Waals surface area contributed by atoms with E-state index in [4.69, 9.17) is 15.3 Å². The summed E-state index contributed by atoms with van der Waals surface area (Å²) < 4.78 is 7.54. The van der Waals surface area contributed by atoms with Crippen LogP contribution in [-0.4, -0.2) is 70.8 Å². The number of anilines is 1. The van der Waals surface area contributed by atoms with Crippen LogP contribution in [0.25, 0.3) is 11.2 Å². The van der Waals surface area contributed by atoms with Crippen molar-refractivity contribution in [3.8, 4) is 0 Å². The maximum Gasteiger partial charge on any atom is 0.167 e. The van der Waals surface area contributed by atoms with Crippen LogP contribution in [0.4, 0.5) is 5.82 Å². The maximum atomic E-state index is 10.6. The van der Waals surface area contributed by atoms with Crippen LogP contribution < -0.4 is 5.73 Å². The van der Waals surface area contributed by atoms with Crippen molar-refractivity contribution >= 4 is 17.0 Å². The van der Waals surface area contributed by atoms with Crippen LogP contribution in [0, 0.1) is 0 Å². The predicted octanol–water partition coefficient (Wildman–Crippen LogP) is 1.00. The molecule has 4 heterocycles. The van der Waals surface area contributed by atoms with Gasteiger partial charge >= 0.3 is 0 Å². The number of hydrogen-bond acceptors (Lipinski definition) is 9. The first-order chi connectivity index (χ1) is 13.6. The number of aliphatic hydroxyl groups is 2. The van der Waals surface area contributed by atoms with Crippen LogP contribution in [0.1, 0.15) is 53.2 Å². The van der Waals surface area contributed by atoms with Gasteiger partial charge in [-0.1, -0.05) is 0 Å². The molecule has 29 heavy (non-hydrogen) atoms. The van der Waals surface area contributed by atoms with Gasteiger partial charge in [-0.15, -0.1) is 0 Å². The summed E-state index contributed by atoms with van der Waals surface area (Å²) in [5, 5.41) is 23.2. The highest BCUT2D eigenvalue weighted by Crippen LogP contribution is 2.39. The quantitative estimate of drug-likeness (QED) is 0.680. The second kappa shape index (κ2) is 7.13. The van der Waals surface area contributed by atoms with E-state index in [0.29, 0.717) is 11.2 Å². The first-order valence-corrected chi connectivity index (χ1v) is 10.00. The van der Waals surface area contributed by atoms with Crippen molar-refractivity contribution < 1.29 is 19.8 Å². The topological polar surface area (TPSA) is 132 Å². The van der Waals surface area contributed by atoms with Crippen LogP contribution in [0.2, 0.25) is 0 Å². The number of imidazole rings is 1. The van der Waals surface area contributed by atoms with Gasteiger partial charge < -0.3 is 20.7 Å². The Balaban J connectivity index is 1.51. The number of ether oxygens (including phenoxy) is 1. The number of aliphatic hydroxyl groups excluding tert-OH is 2. The van der Waals surface area contributed by atoms with E-state index >= 15 is 0 Å². The van der Waals surface area contributed by atoms with Gasteiger partial charge in [-0.05, 0) is 47.0 Å². The SMILES string of the molecule is CC1(C)CCCC(C)(C)N1OCC1OC(n2cnc3c(N)ncnc32)C(O)C1O. The van der Waals surface area contributed by atoms with Gasteiger partial charge in [0.25, 0.3) is 0 Å². The number of nitrogen functional groups attached to an aromatic ring is 1. The zero-order valence-corrected chi connectivity index (χ0v) is 17.3. The molecule has 0 aromatic carbocycles. The minimum absolute atomic E-state index is 0.127. The van der Waals surface area contributed by atoms with Crippen LogP contribution in [-0.2, 0) is 9.57 Å². The summed E-state index contributed by atoms with van der Waals surface area (Å²) in [6.45, 7) is 8.74. The van der Waals surface area contributed by atoms with Gasteiger partial charge in [-0.2, -0.15) is 5.06 Å². The molecule has 2 aliphatic heterocycles. The predicted molar refractivity (Wildman–Crippen MR) is 105 cm³/mol. The standard InChI is InChI=1S/C19H30N6O4/c1-18(2)6-5-7-19(3,4)25(18)28-8-11-13(26)14(27)17(29-11)24-10-23-12-15(20)21-9-22-16(12)24/h9-11,13-14,17,26-27H,5-8H2,1-4H3,(H2,20,21,22). The van der Waals surface area contributed by atoms with Crippen LogP contribution in [0.15, 0.2) is 12.7 Å². The molecule has 2 saturated heterocycles. The van der Waals surface area contributed by atoms with Crippen LogP contribution >= 0.6 is 0 Å². The van der Waals surface area contributed by atoms with Gasteiger partial charge in [-0.3, -0.25) is 9.40 Å². The number of hydroxylamine groups is 2. The summed E-state index contributed by atoms with van der Waals surface area (Å²) in [6.07, 6.45) is 2.20. The summed E-state index contributed by atoms with van der Waals surface area (Å²) in [5.74, 6) is 0.247. The Morgan fingerprint density at radius 3 is 2.52 bits per heavy atom. The van der Waals surface area contributed by atoms with Gasteiger partial charge in [0.1, 0.15) is 30.2 Å². The summed E-state index contributed by atoms with van der Waals surface area (Å²) in [5.41, 5.74) is 6.44. The zero-order chi connectivity index (χ0) is 21.0. The summed E-state index contributed by atoms with van der Waals surface area (Å²) in [4.78, 5) is 18.5. The van der Waals surface area contributed by atoms with E-state index in [1.54, 1.807) is 4.57 Å². The van der Waals surface area contributed by atoms with Gasteiger partial charge in [0.05, 0.1) is 12.9 Å². The molecular weight excluding hydrogens is 376 g/mol. The summed E-state index contributed by atoms with van der Waals surface area (Å²) >= 11 is 0. The number of nitrogens with two attached hydrogens (primary N) is 1. The van der Waals surface area contributed by atoms with Crippen molar-refractivity contribution in [3.05, 3.63) is 12.7 Å². The normalized spacial score (nSPS) is 32.1. The molecule has 2 aromatic rings. The van der Waals surface area contributed by atoms with Gasteiger partial charge in [0, 0.05) is 11.1 Å². The number of rotatable bonds is 4. The lowest BCUT2D eigenvalue weighted by Crippen LogP contribution is -2.59. The molecule has 4 unspecified atom stereocenters. The smallest absolute Gasteiger partial charge is 0.167 e. The van der Waals surface area contributed by atoms with E-state index in [1.807, 2.05) is 5.06 Å². The average molecular weight is 406 g/mol. The Kier molecular flexibility index (Phi) is 5.02. The van der Waals surface area contributed by atoms with Crippen molar-refractivity contribution in [3.63, 3.8) is 0 Å². The fourth-order valence-corrected chi connectivity index (χ4v) is 4.63. The minimum atomic E-state index is -1.15. The molecule has 0 spiro atoms. The Morgan fingerprint density at radius 2 is 1.83 bits per heavy atom. The highest BCUT2D eigenvalue weighted by molar-refractivity contribution is 5.81. The molecule has 2 fully saturated rings. The summed E-state index contributed by atoms with van der Waals surface area (Å²) in [7, 11) is 0. The Labute approximate surface area is 169 Å². The number of nitrogens with zero attached hydrogens (tertiary/aromatic N) is 5. The lowest BCUT2D eigenvalue weighted by Gasteiger charge is -2.51. The molecule has 10 heteroatoms. The zero-order valence-electron chi connectivity index (χ0n) is 17.3.